The van der Waals surface area contributed by atoms with Crippen LogP contribution in [0.5, 0.6) is 5.75 Å². The van der Waals surface area contributed by atoms with Gasteiger partial charge in [0.15, 0.2) is 11.6 Å². The summed E-state index contributed by atoms with van der Waals surface area (Å²) in [6.45, 7) is 1.88. The summed E-state index contributed by atoms with van der Waals surface area (Å²) in [5, 5.41) is 0. The van der Waals surface area contributed by atoms with E-state index in [0.717, 1.165) is 5.56 Å². The van der Waals surface area contributed by atoms with E-state index in [1.54, 1.807) is 12.1 Å². The highest BCUT2D eigenvalue weighted by Crippen LogP contribution is 2.21. The number of ether oxygens (including phenoxy) is 1. The molecule has 0 aliphatic rings. The van der Waals surface area contributed by atoms with E-state index < -0.39 is 0 Å². The molecule has 1 rings (SSSR count). The Hall–Kier alpha value is -1.13. The van der Waals surface area contributed by atoms with E-state index in [1.807, 2.05) is 6.92 Å². The zero-order valence-electron chi connectivity index (χ0n) is 8.50. The van der Waals surface area contributed by atoms with Gasteiger partial charge in [0, 0.05) is 0 Å². The van der Waals surface area contributed by atoms with Gasteiger partial charge in [0.2, 0.25) is 0 Å². The second kappa shape index (κ2) is 4.93. The number of hydrogen-bond acceptors (Lipinski definition) is 3. The normalized spacial score (nSPS) is 12.6. The molecule has 3 nitrogen and oxygen atoms in total. The van der Waals surface area contributed by atoms with Gasteiger partial charge in [0.1, 0.15) is 0 Å². The first-order valence-corrected chi connectivity index (χ1v) is 4.31. The molecule has 14 heavy (non-hydrogen) atoms. The minimum Gasteiger partial charge on any atom is -0.494 e. The summed E-state index contributed by atoms with van der Waals surface area (Å²) in [5.74, 6) is -0.117. The molecule has 0 spiro atoms. The van der Waals surface area contributed by atoms with E-state index >= 15 is 0 Å². The van der Waals surface area contributed by atoms with Gasteiger partial charge >= 0.3 is 0 Å². The summed E-state index contributed by atoms with van der Waals surface area (Å²) < 4.78 is 18.1. The van der Waals surface area contributed by atoms with Gasteiger partial charge in [-0.1, -0.05) is 6.07 Å². The van der Waals surface area contributed by atoms with Gasteiger partial charge in [-0.25, -0.2) is 4.39 Å². The molecule has 4 heteroatoms. The molecule has 0 aliphatic carbocycles. The van der Waals surface area contributed by atoms with Crippen LogP contribution in [-0.2, 0) is 4.84 Å². The van der Waals surface area contributed by atoms with Gasteiger partial charge in [-0.2, -0.15) is 5.48 Å². The quantitative estimate of drug-likeness (QED) is 0.753. The molecule has 0 aliphatic heterocycles. The number of methoxy groups -OCH3 is 1. The standard InChI is InChI=1S/C10H14FNO2/c1-7(12-14-3)8-4-5-10(13-2)9(11)6-8/h4-7,12H,1-3H3. The zero-order valence-corrected chi connectivity index (χ0v) is 8.50. The van der Waals surface area contributed by atoms with Crippen LogP contribution in [0.2, 0.25) is 0 Å². The fourth-order valence-electron chi connectivity index (χ4n) is 1.20. The third-order valence-corrected chi connectivity index (χ3v) is 1.97. The van der Waals surface area contributed by atoms with Crippen molar-refractivity contribution in [1.29, 1.82) is 0 Å². The van der Waals surface area contributed by atoms with Crippen molar-refractivity contribution in [3.63, 3.8) is 0 Å². The Balaban J connectivity index is 2.85. The molecule has 1 aromatic carbocycles. The molecular formula is C10H14FNO2. The lowest BCUT2D eigenvalue weighted by molar-refractivity contribution is 0.0658. The molecule has 0 fully saturated rings. The molecular weight excluding hydrogens is 185 g/mol. The van der Waals surface area contributed by atoms with Gasteiger partial charge < -0.3 is 9.57 Å². The molecule has 0 radical (unpaired) electrons. The summed E-state index contributed by atoms with van der Waals surface area (Å²) in [6.07, 6.45) is 0. The van der Waals surface area contributed by atoms with Gasteiger partial charge in [-0.15, -0.1) is 0 Å². The number of rotatable bonds is 4. The number of halogens is 1. The second-order valence-electron chi connectivity index (χ2n) is 2.94. The van der Waals surface area contributed by atoms with Crippen LogP contribution >= 0.6 is 0 Å². The maximum atomic E-state index is 13.3. The van der Waals surface area contributed by atoms with Crippen LogP contribution in [0.3, 0.4) is 0 Å². The Labute approximate surface area is 82.8 Å². The van der Waals surface area contributed by atoms with Gasteiger partial charge in [0.05, 0.1) is 20.3 Å². The molecule has 78 valence electrons. The summed E-state index contributed by atoms with van der Waals surface area (Å²) in [4.78, 5) is 4.75. The Morgan fingerprint density at radius 1 is 1.36 bits per heavy atom. The van der Waals surface area contributed by atoms with E-state index in [4.69, 9.17) is 9.57 Å². The molecule has 0 amide bonds. The van der Waals surface area contributed by atoms with Crippen molar-refractivity contribution in [3.05, 3.63) is 29.6 Å². The first-order valence-electron chi connectivity index (χ1n) is 4.31. The molecule has 0 saturated carbocycles. The Morgan fingerprint density at radius 2 is 2.07 bits per heavy atom. The lowest BCUT2D eigenvalue weighted by Gasteiger charge is -2.12. The first-order chi connectivity index (χ1) is 6.69. The van der Waals surface area contributed by atoms with Crippen LogP contribution in [0, 0.1) is 5.82 Å². The van der Waals surface area contributed by atoms with Crippen molar-refractivity contribution in [3.8, 4) is 5.75 Å². The van der Waals surface area contributed by atoms with Crippen molar-refractivity contribution in [2.45, 2.75) is 13.0 Å². The predicted molar refractivity (Wildman–Crippen MR) is 51.5 cm³/mol. The minimum atomic E-state index is -0.366. The number of hydroxylamine groups is 1. The topological polar surface area (TPSA) is 30.5 Å². The highest BCUT2D eigenvalue weighted by Gasteiger charge is 2.08. The SMILES string of the molecule is CONC(C)c1ccc(OC)c(F)c1. The molecule has 0 aromatic heterocycles. The third-order valence-electron chi connectivity index (χ3n) is 1.97. The second-order valence-corrected chi connectivity index (χ2v) is 2.94. The fraction of sp³-hybridized carbons (Fsp3) is 0.400. The average molecular weight is 199 g/mol. The molecule has 1 atom stereocenters. The van der Waals surface area contributed by atoms with E-state index in [-0.39, 0.29) is 17.6 Å². The van der Waals surface area contributed by atoms with Gasteiger partial charge in [0.25, 0.3) is 0 Å². The number of nitrogens with one attached hydrogen (secondary N) is 1. The van der Waals surface area contributed by atoms with Crippen LogP contribution in [0.4, 0.5) is 4.39 Å². The largest absolute Gasteiger partial charge is 0.494 e. The predicted octanol–water partition coefficient (Wildman–Crippen LogP) is 2.05. The lowest BCUT2D eigenvalue weighted by Crippen LogP contribution is -2.16. The zero-order chi connectivity index (χ0) is 10.6. The van der Waals surface area contributed by atoms with Crippen molar-refractivity contribution in [2.75, 3.05) is 14.2 Å². The van der Waals surface area contributed by atoms with Crippen molar-refractivity contribution >= 4 is 0 Å². The maximum absolute atomic E-state index is 13.3. The van der Waals surface area contributed by atoms with E-state index in [1.165, 1.54) is 20.3 Å². The molecule has 1 N–H and O–H groups in total. The number of benzene rings is 1. The smallest absolute Gasteiger partial charge is 0.165 e. The highest BCUT2D eigenvalue weighted by atomic mass is 19.1. The fourth-order valence-corrected chi connectivity index (χ4v) is 1.20. The van der Waals surface area contributed by atoms with Crippen LogP contribution in [-0.4, -0.2) is 14.2 Å². The summed E-state index contributed by atoms with van der Waals surface area (Å²) in [5.41, 5.74) is 3.53. The van der Waals surface area contributed by atoms with Crippen LogP contribution in [0.1, 0.15) is 18.5 Å². The molecule has 0 heterocycles. The minimum absolute atomic E-state index is 0.0552. The molecule has 0 saturated heterocycles. The maximum Gasteiger partial charge on any atom is 0.165 e. The van der Waals surface area contributed by atoms with Crippen molar-refractivity contribution in [1.82, 2.24) is 5.48 Å². The Morgan fingerprint density at radius 3 is 2.57 bits per heavy atom. The summed E-state index contributed by atoms with van der Waals surface area (Å²) in [6, 6.07) is 4.76. The molecule has 1 unspecified atom stereocenters. The third kappa shape index (κ3) is 2.43. The van der Waals surface area contributed by atoms with Gasteiger partial charge in [-0.3, -0.25) is 0 Å². The molecule has 0 bridgehead atoms. The summed E-state index contributed by atoms with van der Waals surface area (Å²) in [7, 11) is 2.96. The van der Waals surface area contributed by atoms with Crippen molar-refractivity contribution in [2.24, 2.45) is 0 Å². The monoisotopic (exact) mass is 199 g/mol. The van der Waals surface area contributed by atoms with Crippen molar-refractivity contribution < 1.29 is 14.0 Å². The Kier molecular flexibility index (Phi) is 3.85. The molecule has 1 aromatic rings. The Bertz CT molecular complexity index is 304. The summed E-state index contributed by atoms with van der Waals surface area (Å²) >= 11 is 0. The number of hydrogen-bond donors (Lipinski definition) is 1. The lowest BCUT2D eigenvalue weighted by atomic mass is 10.1. The average Bonchev–Trinajstić information content (AvgIpc) is 2.18. The van der Waals surface area contributed by atoms with E-state index in [2.05, 4.69) is 5.48 Å². The highest BCUT2D eigenvalue weighted by molar-refractivity contribution is 5.30. The van der Waals surface area contributed by atoms with Crippen LogP contribution in [0.25, 0.3) is 0 Å². The van der Waals surface area contributed by atoms with Crippen LogP contribution < -0.4 is 10.2 Å². The van der Waals surface area contributed by atoms with E-state index in [0.29, 0.717) is 0 Å². The van der Waals surface area contributed by atoms with E-state index in [9.17, 15) is 4.39 Å². The first kappa shape index (κ1) is 10.9. The van der Waals surface area contributed by atoms with Crippen LogP contribution in [0.15, 0.2) is 18.2 Å². The van der Waals surface area contributed by atoms with Gasteiger partial charge in [-0.05, 0) is 24.6 Å².